The predicted octanol–water partition coefficient (Wildman–Crippen LogP) is 3.26. The molecule has 0 atom stereocenters. The first kappa shape index (κ1) is 14.8. The third-order valence-electron chi connectivity index (χ3n) is 3.32. The Morgan fingerprint density at radius 1 is 1.20 bits per heavy atom. The lowest BCUT2D eigenvalue weighted by Gasteiger charge is -2.24. The summed E-state index contributed by atoms with van der Waals surface area (Å²) in [5.74, 6) is 0. The van der Waals surface area contributed by atoms with Crippen molar-refractivity contribution in [1.29, 1.82) is 0 Å². The van der Waals surface area contributed by atoms with Gasteiger partial charge in [-0.3, -0.25) is 4.98 Å². The van der Waals surface area contributed by atoms with Crippen molar-refractivity contribution in [3.8, 4) is 0 Å². The second-order valence-corrected chi connectivity index (χ2v) is 5.09. The molecular weight excluding hydrogens is 270 g/mol. The Morgan fingerprint density at radius 3 is 2.55 bits per heavy atom. The highest BCUT2D eigenvalue weighted by Crippen LogP contribution is 2.25. The van der Waals surface area contributed by atoms with E-state index in [1.165, 1.54) is 5.56 Å². The van der Waals surface area contributed by atoms with Gasteiger partial charge in [-0.25, -0.2) is 0 Å². The van der Waals surface area contributed by atoms with Gasteiger partial charge in [-0.05, 0) is 55.3 Å². The molecule has 20 heavy (non-hydrogen) atoms. The van der Waals surface area contributed by atoms with Gasteiger partial charge in [0.25, 0.3) is 0 Å². The van der Waals surface area contributed by atoms with Gasteiger partial charge in [0.05, 0.1) is 0 Å². The van der Waals surface area contributed by atoms with E-state index in [4.69, 9.17) is 17.3 Å². The van der Waals surface area contributed by atoms with E-state index in [0.29, 0.717) is 6.54 Å². The standard InChI is InChI=1S/C16H20ClN3/c1-2-20(12-13-6-9-19-10-7-13)15-4-3-14(5-8-18)16(17)11-15/h3-4,6-7,9-11H,2,5,8,12,18H2,1H3. The largest absolute Gasteiger partial charge is 0.367 e. The number of benzene rings is 1. The molecule has 0 radical (unpaired) electrons. The fraction of sp³-hybridized carbons (Fsp3) is 0.312. The highest BCUT2D eigenvalue weighted by Gasteiger charge is 2.08. The van der Waals surface area contributed by atoms with Crippen LogP contribution in [0.5, 0.6) is 0 Å². The molecule has 1 heterocycles. The normalized spacial score (nSPS) is 10.6. The fourth-order valence-electron chi connectivity index (χ4n) is 2.19. The van der Waals surface area contributed by atoms with E-state index in [1.54, 1.807) is 0 Å². The Hall–Kier alpha value is -1.58. The third-order valence-corrected chi connectivity index (χ3v) is 3.67. The summed E-state index contributed by atoms with van der Waals surface area (Å²) in [5, 5.41) is 0.793. The summed E-state index contributed by atoms with van der Waals surface area (Å²) >= 11 is 6.32. The maximum atomic E-state index is 6.32. The van der Waals surface area contributed by atoms with E-state index in [0.717, 1.165) is 35.8 Å². The van der Waals surface area contributed by atoms with Gasteiger partial charge < -0.3 is 10.6 Å². The lowest BCUT2D eigenvalue weighted by Crippen LogP contribution is -2.22. The predicted molar refractivity (Wildman–Crippen MR) is 85.2 cm³/mol. The van der Waals surface area contributed by atoms with E-state index in [1.807, 2.05) is 30.6 Å². The SMILES string of the molecule is CCN(Cc1ccncc1)c1ccc(CCN)c(Cl)c1. The van der Waals surface area contributed by atoms with Crippen LogP contribution in [-0.4, -0.2) is 18.1 Å². The Labute approximate surface area is 125 Å². The van der Waals surface area contributed by atoms with Crippen LogP contribution in [0, 0.1) is 0 Å². The van der Waals surface area contributed by atoms with Gasteiger partial charge in [-0.2, -0.15) is 0 Å². The molecule has 3 nitrogen and oxygen atoms in total. The van der Waals surface area contributed by atoms with Crippen molar-refractivity contribution >= 4 is 17.3 Å². The molecule has 4 heteroatoms. The zero-order valence-electron chi connectivity index (χ0n) is 11.7. The van der Waals surface area contributed by atoms with Crippen LogP contribution < -0.4 is 10.6 Å². The fourth-order valence-corrected chi connectivity index (χ4v) is 2.45. The van der Waals surface area contributed by atoms with Crippen LogP contribution >= 0.6 is 11.6 Å². The third kappa shape index (κ3) is 3.71. The van der Waals surface area contributed by atoms with Crippen LogP contribution in [0.2, 0.25) is 5.02 Å². The van der Waals surface area contributed by atoms with Gasteiger partial charge in [-0.1, -0.05) is 17.7 Å². The minimum absolute atomic E-state index is 0.619. The average molecular weight is 290 g/mol. The Morgan fingerprint density at radius 2 is 1.95 bits per heavy atom. The number of anilines is 1. The van der Waals surface area contributed by atoms with Crippen molar-refractivity contribution in [2.45, 2.75) is 19.9 Å². The van der Waals surface area contributed by atoms with Crippen molar-refractivity contribution in [2.75, 3.05) is 18.0 Å². The molecule has 0 saturated carbocycles. The van der Waals surface area contributed by atoms with Crippen LogP contribution in [0.4, 0.5) is 5.69 Å². The summed E-state index contributed by atoms with van der Waals surface area (Å²) in [6.07, 6.45) is 4.45. The molecular formula is C16H20ClN3. The maximum Gasteiger partial charge on any atom is 0.0459 e. The molecule has 0 aliphatic heterocycles. The molecule has 0 spiro atoms. The van der Waals surface area contributed by atoms with E-state index < -0.39 is 0 Å². The van der Waals surface area contributed by atoms with Crippen LogP contribution in [0.25, 0.3) is 0 Å². The monoisotopic (exact) mass is 289 g/mol. The summed E-state index contributed by atoms with van der Waals surface area (Å²) in [6.45, 7) is 4.54. The molecule has 106 valence electrons. The maximum absolute atomic E-state index is 6.32. The summed E-state index contributed by atoms with van der Waals surface area (Å²) in [4.78, 5) is 6.33. The van der Waals surface area contributed by atoms with Gasteiger partial charge in [0.15, 0.2) is 0 Å². The number of pyridine rings is 1. The average Bonchev–Trinajstić information content (AvgIpc) is 2.48. The number of nitrogens with two attached hydrogens (primary N) is 1. The number of hydrogen-bond acceptors (Lipinski definition) is 3. The summed E-state index contributed by atoms with van der Waals surface area (Å²) < 4.78 is 0. The van der Waals surface area contributed by atoms with Crippen LogP contribution in [0.15, 0.2) is 42.7 Å². The topological polar surface area (TPSA) is 42.2 Å². The van der Waals surface area contributed by atoms with Crippen LogP contribution in [0.3, 0.4) is 0 Å². The molecule has 0 aliphatic rings. The molecule has 0 saturated heterocycles. The quantitative estimate of drug-likeness (QED) is 0.887. The van der Waals surface area contributed by atoms with Gasteiger partial charge in [0, 0.05) is 36.2 Å². The van der Waals surface area contributed by atoms with Gasteiger partial charge >= 0.3 is 0 Å². The second-order valence-electron chi connectivity index (χ2n) is 4.68. The number of aromatic nitrogens is 1. The minimum atomic E-state index is 0.619. The number of hydrogen-bond donors (Lipinski definition) is 1. The molecule has 0 aliphatic carbocycles. The van der Waals surface area contributed by atoms with Crippen molar-refractivity contribution in [1.82, 2.24) is 4.98 Å². The van der Waals surface area contributed by atoms with Crippen molar-refractivity contribution in [3.63, 3.8) is 0 Å². The number of rotatable bonds is 6. The van der Waals surface area contributed by atoms with Crippen molar-refractivity contribution < 1.29 is 0 Å². The smallest absolute Gasteiger partial charge is 0.0459 e. The van der Waals surface area contributed by atoms with Crippen molar-refractivity contribution in [2.24, 2.45) is 5.73 Å². The number of halogens is 1. The van der Waals surface area contributed by atoms with Gasteiger partial charge in [0.1, 0.15) is 0 Å². The molecule has 0 amide bonds. The summed E-state index contributed by atoms with van der Waals surface area (Å²) in [5.41, 5.74) is 9.06. The Kier molecular flexibility index (Phi) is 5.39. The van der Waals surface area contributed by atoms with Gasteiger partial charge in [0.2, 0.25) is 0 Å². The minimum Gasteiger partial charge on any atom is -0.367 e. The van der Waals surface area contributed by atoms with Gasteiger partial charge in [-0.15, -0.1) is 0 Å². The molecule has 0 unspecified atom stereocenters. The van der Waals surface area contributed by atoms with E-state index >= 15 is 0 Å². The van der Waals surface area contributed by atoms with Crippen molar-refractivity contribution in [3.05, 3.63) is 58.9 Å². The zero-order chi connectivity index (χ0) is 14.4. The highest BCUT2D eigenvalue weighted by molar-refractivity contribution is 6.31. The first-order valence-corrected chi connectivity index (χ1v) is 7.24. The molecule has 0 bridgehead atoms. The highest BCUT2D eigenvalue weighted by atomic mass is 35.5. The van der Waals surface area contributed by atoms with Crippen LogP contribution in [0.1, 0.15) is 18.1 Å². The molecule has 2 aromatic rings. The van der Waals surface area contributed by atoms with E-state index in [2.05, 4.69) is 28.9 Å². The first-order valence-electron chi connectivity index (χ1n) is 6.87. The lowest BCUT2D eigenvalue weighted by molar-refractivity contribution is 0.829. The first-order chi connectivity index (χ1) is 9.74. The molecule has 1 aromatic carbocycles. The van der Waals surface area contributed by atoms with Crippen LogP contribution in [-0.2, 0) is 13.0 Å². The molecule has 2 N–H and O–H groups in total. The lowest BCUT2D eigenvalue weighted by atomic mass is 10.1. The summed E-state index contributed by atoms with van der Waals surface area (Å²) in [6, 6.07) is 10.3. The van der Waals surface area contributed by atoms with E-state index in [-0.39, 0.29) is 0 Å². The Balaban J connectivity index is 2.17. The molecule has 2 rings (SSSR count). The second kappa shape index (κ2) is 7.27. The number of nitrogens with zero attached hydrogens (tertiary/aromatic N) is 2. The summed E-state index contributed by atoms with van der Waals surface area (Å²) in [7, 11) is 0. The van der Waals surface area contributed by atoms with E-state index in [9.17, 15) is 0 Å². The molecule has 0 fully saturated rings. The Bertz CT molecular complexity index is 543. The zero-order valence-corrected chi connectivity index (χ0v) is 12.5. The molecule has 1 aromatic heterocycles.